The van der Waals surface area contributed by atoms with Crippen LogP contribution in [0, 0.1) is 5.92 Å². The van der Waals surface area contributed by atoms with Gasteiger partial charge in [-0.1, -0.05) is 27.5 Å². The summed E-state index contributed by atoms with van der Waals surface area (Å²) in [6.07, 6.45) is 4.33. The fraction of sp³-hybridized carbons (Fsp3) is 0.444. The average molecular weight is 460 g/mol. The summed E-state index contributed by atoms with van der Waals surface area (Å²) in [5.41, 5.74) is 0. The predicted octanol–water partition coefficient (Wildman–Crippen LogP) is 5.38. The zero-order valence-corrected chi connectivity index (χ0v) is 17.4. The summed E-state index contributed by atoms with van der Waals surface area (Å²) in [7, 11) is 0. The summed E-state index contributed by atoms with van der Waals surface area (Å²) in [6.45, 7) is 2.31. The van der Waals surface area contributed by atoms with Crippen LogP contribution in [0.1, 0.15) is 24.3 Å². The second-order valence-corrected chi connectivity index (χ2v) is 8.42. The number of halogens is 2. The second-order valence-electron chi connectivity index (χ2n) is 6.12. The van der Waals surface area contributed by atoms with Crippen LogP contribution in [-0.2, 0) is 11.3 Å². The SMILES string of the molecule is O=C(OCc1nccs1)N1CCC(CCOc2cc(Br)ccc2Cl)CC1. The first-order chi connectivity index (χ1) is 12.6. The molecule has 0 unspecified atom stereocenters. The molecule has 140 valence electrons. The highest BCUT2D eigenvalue weighted by atomic mass is 79.9. The number of hydrogen-bond acceptors (Lipinski definition) is 5. The number of hydrogen-bond donors (Lipinski definition) is 0. The van der Waals surface area contributed by atoms with E-state index >= 15 is 0 Å². The lowest BCUT2D eigenvalue weighted by Gasteiger charge is -2.31. The number of piperidine rings is 1. The third-order valence-electron chi connectivity index (χ3n) is 4.35. The van der Waals surface area contributed by atoms with Crippen LogP contribution in [0.5, 0.6) is 5.75 Å². The fourth-order valence-corrected chi connectivity index (χ4v) is 3.91. The molecule has 3 rings (SSSR count). The molecule has 0 N–H and O–H groups in total. The Morgan fingerprint density at radius 2 is 2.19 bits per heavy atom. The number of nitrogens with zero attached hydrogens (tertiary/aromatic N) is 2. The number of likely N-dealkylation sites (tertiary alicyclic amines) is 1. The molecule has 0 radical (unpaired) electrons. The number of rotatable bonds is 6. The van der Waals surface area contributed by atoms with Crippen LogP contribution in [-0.4, -0.2) is 35.7 Å². The molecule has 1 aromatic heterocycles. The lowest BCUT2D eigenvalue weighted by atomic mass is 9.94. The summed E-state index contributed by atoms with van der Waals surface area (Å²) < 4.78 is 12.1. The number of amides is 1. The molecule has 1 aliphatic rings. The Labute approximate surface area is 170 Å². The largest absolute Gasteiger partial charge is 0.492 e. The van der Waals surface area contributed by atoms with Crippen LogP contribution in [0.3, 0.4) is 0 Å². The minimum atomic E-state index is -0.254. The zero-order valence-electron chi connectivity index (χ0n) is 14.2. The van der Waals surface area contributed by atoms with Crippen LogP contribution in [0.2, 0.25) is 5.02 Å². The molecule has 0 spiro atoms. The van der Waals surface area contributed by atoms with Crippen LogP contribution in [0.15, 0.2) is 34.2 Å². The highest BCUT2D eigenvalue weighted by Crippen LogP contribution is 2.29. The van der Waals surface area contributed by atoms with Crippen molar-refractivity contribution in [3.05, 3.63) is 44.3 Å². The van der Waals surface area contributed by atoms with Gasteiger partial charge in [-0.05, 0) is 43.4 Å². The van der Waals surface area contributed by atoms with E-state index in [1.807, 2.05) is 23.6 Å². The van der Waals surface area contributed by atoms with Crippen molar-refractivity contribution in [3.63, 3.8) is 0 Å². The van der Waals surface area contributed by atoms with Crippen molar-refractivity contribution in [2.45, 2.75) is 25.9 Å². The molecule has 0 atom stereocenters. The molecule has 1 aliphatic heterocycles. The Morgan fingerprint density at radius 3 is 2.92 bits per heavy atom. The number of carbonyl (C=O) groups is 1. The van der Waals surface area contributed by atoms with E-state index in [2.05, 4.69) is 20.9 Å². The maximum Gasteiger partial charge on any atom is 0.410 e. The van der Waals surface area contributed by atoms with Gasteiger partial charge in [-0.25, -0.2) is 9.78 Å². The number of thiazole rings is 1. The topological polar surface area (TPSA) is 51.7 Å². The van der Waals surface area contributed by atoms with Crippen LogP contribution in [0.4, 0.5) is 4.79 Å². The van der Waals surface area contributed by atoms with Crippen LogP contribution < -0.4 is 4.74 Å². The summed E-state index contributed by atoms with van der Waals surface area (Å²) >= 11 is 11.0. The third-order valence-corrected chi connectivity index (χ3v) is 5.91. The molecule has 1 saturated heterocycles. The van der Waals surface area contributed by atoms with E-state index in [4.69, 9.17) is 21.1 Å². The van der Waals surface area contributed by atoms with Gasteiger partial charge in [0.25, 0.3) is 0 Å². The maximum atomic E-state index is 12.1. The van der Waals surface area contributed by atoms with Crippen molar-refractivity contribution in [1.82, 2.24) is 9.88 Å². The number of ether oxygens (including phenoxy) is 2. The second kappa shape index (κ2) is 9.58. The molecular weight excluding hydrogens is 440 g/mol. The fourth-order valence-electron chi connectivity index (χ4n) is 2.87. The summed E-state index contributed by atoms with van der Waals surface area (Å²) in [6, 6.07) is 5.58. The van der Waals surface area contributed by atoms with E-state index in [0.29, 0.717) is 23.3 Å². The van der Waals surface area contributed by atoms with E-state index in [1.54, 1.807) is 11.1 Å². The molecule has 0 bridgehead atoms. The van der Waals surface area contributed by atoms with Gasteiger partial charge in [0, 0.05) is 29.1 Å². The van der Waals surface area contributed by atoms with E-state index in [9.17, 15) is 4.79 Å². The van der Waals surface area contributed by atoms with Gasteiger partial charge in [-0.2, -0.15) is 0 Å². The van der Waals surface area contributed by atoms with Crippen LogP contribution in [0.25, 0.3) is 0 Å². The Morgan fingerprint density at radius 1 is 1.38 bits per heavy atom. The monoisotopic (exact) mass is 458 g/mol. The van der Waals surface area contributed by atoms with E-state index in [0.717, 1.165) is 41.8 Å². The standard InChI is InChI=1S/C18H20BrClN2O3S/c19-14-1-2-15(20)16(11-14)24-9-5-13-3-7-22(8-4-13)18(23)25-12-17-21-6-10-26-17/h1-2,6,10-11,13H,3-5,7-9,12H2. The van der Waals surface area contributed by atoms with Crippen LogP contribution >= 0.6 is 38.9 Å². The summed E-state index contributed by atoms with van der Waals surface area (Å²) in [4.78, 5) is 18.0. The maximum absolute atomic E-state index is 12.1. The summed E-state index contributed by atoms with van der Waals surface area (Å²) in [5.74, 6) is 1.24. The molecule has 5 nitrogen and oxygen atoms in total. The molecule has 2 aromatic rings. The van der Waals surface area contributed by atoms with Gasteiger partial charge in [0.2, 0.25) is 0 Å². The highest BCUT2D eigenvalue weighted by Gasteiger charge is 2.24. The molecule has 1 fully saturated rings. The van der Waals surface area contributed by atoms with E-state index in [-0.39, 0.29) is 12.7 Å². The number of benzene rings is 1. The van der Waals surface area contributed by atoms with Crippen molar-refractivity contribution in [2.24, 2.45) is 5.92 Å². The Bertz CT molecular complexity index is 721. The normalized spacial score (nSPS) is 15.1. The van der Waals surface area contributed by atoms with Crippen molar-refractivity contribution >= 4 is 45.0 Å². The molecule has 8 heteroatoms. The smallest absolute Gasteiger partial charge is 0.410 e. The van der Waals surface area contributed by atoms with E-state index in [1.165, 1.54) is 11.3 Å². The minimum Gasteiger partial charge on any atom is -0.492 e. The quantitative estimate of drug-likeness (QED) is 0.582. The number of carbonyl (C=O) groups excluding carboxylic acids is 1. The van der Waals surface area contributed by atoms with Gasteiger partial charge in [0.05, 0.1) is 11.6 Å². The summed E-state index contributed by atoms with van der Waals surface area (Å²) in [5, 5.41) is 3.31. The lowest BCUT2D eigenvalue weighted by molar-refractivity contribution is 0.0799. The average Bonchev–Trinajstić information content (AvgIpc) is 3.17. The van der Waals surface area contributed by atoms with Gasteiger partial charge in [0.15, 0.2) is 0 Å². The molecule has 1 amide bonds. The molecule has 0 aliphatic carbocycles. The van der Waals surface area contributed by atoms with Crippen molar-refractivity contribution in [2.75, 3.05) is 19.7 Å². The Balaban J connectivity index is 1.35. The molecule has 26 heavy (non-hydrogen) atoms. The number of aromatic nitrogens is 1. The van der Waals surface area contributed by atoms with Gasteiger partial charge < -0.3 is 14.4 Å². The predicted molar refractivity (Wildman–Crippen MR) is 106 cm³/mol. The molecule has 1 aromatic carbocycles. The van der Waals surface area contributed by atoms with Gasteiger partial charge in [-0.3, -0.25) is 0 Å². The van der Waals surface area contributed by atoms with Crippen molar-refractivity contribution in [1.29, 1.82) is 0 Å². The molecule has 0 saturated carbocycles. The molecule has 2 heterocycles. The van der Waals surface area contributed by atoms with Gasteiger partial charge in [-0.15, -0.1) is 11.3 Å². The van der Waals surface area contributed by atoms with Crippen molar-refractivity contribution < 1.29 is 14.3 Å². The molecular formula is C18H20BrClN2O3S. The van der Waals surface area contributed by atoms with Gasteiger partial charge in [0.1, 0.15) is 17.4 Å². The van der Waals surface area contributed by atoms with E-state index < -0.39 is 0 Å². The first kappa shape index (κ1) is 19.5. The Hall–Kier alpha value is -1.31. The minimum absolute atomic E-state index is 0.248. The highest BCUT2D eigenvalue weighted by molar-refractivity contribution is 9.10. The Kier molecular flexibility index (Phi) is 7.16. The van der Waals surface area contributed by atoms with Gasteiger partial charge >= 0.3 is 6.09 Å². The third kappa shape index (κ3) is 5.59. The first-order valence-corrected chi connectivity index (χ1v) is 10.5. The van der Waals surface area contributed by atoms with Crippen molar-refractivity contribution in [3.8, 4) is 5.75 Å². The first-order valence-electron chi connectivity index (χ1n) is 8.50. The lowest BCUT2D eigenvalue weighted by Crippen LogP contribution is -2.39. The zero-order chi connectivity index (χ0) is 18.4.